The molecule has 1 aliphatic rings. The van der Waals surface area contributed by atoms with E-state index < -0.39 is 21.9 Å². The van der Waals surface area contributed by atoms with Crippen molar-refractivity contribution in [3.63, 3.8) is 0 Å². The van der Waals surface area contributed by atoms with E-state index in [1.165, 1.54) is 6.07 Å². The van der Waals surface area contributed by atoms with Crippen molar-refractivity contribution >= 4 is 21.8 Å². The number of carbonyl (C=O) groups excluding carboxylic acids is 1. The molecule has 0 spiro atoms. The third-order valence-corrected chi connectivity index (χ3v) is 3.23. The summed E-state index contributed by atoms with van der Waals surface area (Å²) >= 11 is 0. The molecule has 0 saturated heterocycles. The van der Waals surface area contributed by atoms with Gasteiger partial charge in [0.15, 0.2) is 0 Å². The number of anilines is 1. The molecular weight excluding hydrogens is 239 g/mol. The number of amides is 1. The lowest BCUT2D eigenvalue weighted by Crippen LogP contribution is -2.43. The Morgan fingerprint density at radius 2 is 2.12 bits per heavy atom. The van der Waals surface area contributed by atoms with Gasteiger partial charge in [0.05, 0.1) is 18.4 Å². The molecular formula is C8H7FN2O4S. The van der Waals surface area contributed by atoms with Crippen molar-refractivity contribution in [1.82, 2.24) is 4.47 Å². The van der Waals surface area contributed by atoms with E-state index in [-0.39, 0.29) is 15.7 Å². The van der Waals surface area contributed by atoms with Gasteiger partial charge in [0.2, 0.25) is 0 Å². The highest BCUT2D eigenvalue weighted by Crippen LogP contribution is 2.26. The van der Waals surface area contributed by atoms with E-state index in [9.17, 15) is 17.6 Å². The van der Waals surface area contributed by atoms with Gasteiger partial charge in [-0.2, -0.15) is 8.42 Å². The van der Waals surface area contributed by atoms with Crippen LogP contribution in [0.3, 0.4) is 0 Å². The Kier molecular flexibility index (Phi) is 2.32. The summed E-state index contributed by atoms with van der Waals surface area (Å²) in [5.74, 6) is -1.57. The molecule has 1 amide bonds. The number of nitrogens with one attached hydrogen (secondary N) is 1. The zero-order valence-electron chi connectivity index (χ0n) is 8.10. The number of benzene rings is 1. The van der Waals surface area contributed by atoms with Gasteiger partial charge in [-0.1, -0.05) is 4.47 Å². The quantitative estimate of drug-likeness (QED) is 0.782. The van der Waals surface area contributed by atoms with Crippen molar-refractivity contribution in [1.29, 1.82) is 0 Å². The van der Waals surface area contributed by atoms with Gasteiger partial charge in [-0.3, -0.25) is 14.4 Å². The first-order chi connectivity index (χ1) is 7.45. The Labute approximate surface area is 90.8 Å². The predicted octanol–water partition coefficient (Wildman–Crippen LogP) is 0.500. The average molecular weight is 246 g/mol. The summed E-state index contributed by atoms with van der Waals surface area (Å²) in [4.78, 5) is 16.1. The van der Waals surface area contributed by atoms with Crippen LogP contribution in [0.4, 0.5) is 10.1 Å². The minimum absolute atomic E-state index is 0.0275. The lowest BCUT2D eigenvalue weighted by molar-refractivity contribution is -0.0285. The fraction of sp³-hybridized carbons (Fsp3) is 0.125. The maximum Gasteiger partial charge on any atom is 0.349 e. The average Bonchev–Trinajstić information content (AvgIpc) is 2.19. The molecule has 0 fully saturated rings. The van der Waals surface area contributed by atoms with Gasteiger partial charge in [-0.25, -0.2) is 4.39 Å². The normalized spacial score (nSPS) is 17.9. The zero-order chi connectivity index (χ0) is 11.9. The topological polar surface area (TPSA) is 75.7 Å². The van der Waals surface area contributed by atoms with Crippen LogP contribution in [0, 0.1) is 5.82 Å². The minimum atomic E-state index is -4.06. The second-order valence-electron chi connectivity index (χ2n) is 3.01. The molecule has 0 bridgehead atoms. The lowest BCUT2D eigenvalue weighted by Gasteiger charge is -2.26. The monoisotopic (exact) mass is 246 g/mol. The highest BCUT2D eigenvalue weighted by molar-refractivity contribution is 7.91. The highest BCUT2D eigenvalue weighted by atomic mass is 32.2. The van der Waals surface area contributed by atoms with Crippen LogP contribution in [0.2, 0.25) is 0 Å². The maximum absolute atomic E-state index is 12.9. The maximum atomic E-state index is 12.9. The van der Waals surface area contributed by atoms with E-state index in [0.29, 0.717) is 0 Å². The van der Waals surface area contributed by atoms with Crippen LogP contribution >= 0.6 is 0 Å². The molecule has 1 aromatic carbocycles. The summed E-state index contributed by atoms with van der Waals surface area (Å²) in [6, 6.07) is 3.16. The summed E-state index contributed by atoms with van der Waals surface area (Å²) in [6.07, 6.45) is 0. The largest absolute Gasteiger partial charge is 0.349 e. The second-order valence-corrected chi connectivity index (χ2v) is 4.50. The Morgan fingerprint density at radius 1 is 1.44 bits per heavy atom. The molecule has 0 aliphatic carbocycles. The molecule has 1 aliphatic heterocycles. The molecule has 0 atom stereocenters. The van der Waals surface area contributed by atoms with Crippen molar-refractivity contribution in [3.8, 4) is 0 Å². The Balaban J connectivity index is 2.62. The number of hydrogen-bond acceptors (Lipinski definition) is 4. The van der Waals surface area contributed by atoms with Crippen LogP contribution in [0.5, 0.6) is 0 Å². The molecule has 6 nitrogen and oxygen atoms in total. The van der Waals surface area contributed by atoms with Crippen LogP contribution in [0.1, 0.15) is 10.4 Å². The lowest BCUT2D eigenvalue weighted by atomic mass is 10.1. The Bertz CT molecular complexity index is 557. The summed E-state index contributed by atoms with van der Waals surface area (Å²) in [5.41, 5.74) is -0.0728. The van der Waals surface area contributed by atoms with E-state index in [2.05, 4.69) is 9.56 Å². The molecule has 1 aromatic rings. The van der Waals surface area contributed by atoms with Crippen LogP contribution in [0.15, 0.2) is 18.2 Å². The zero-order valence-corrected chi connectivity index (χ0v) is 8.91. The molecule has 1 heterocycles. The van der Waals surface area contributed by atoms with E-state index in [1.54, 1.807) is 0 Å². The first-order valence-electron chi connectivity index (χ1n) is 4.17. The number of halogens is 1. The van der Waals surface area contributed by atoms with Crippen LogP contribution in [0.25, 0.3) is 0 Å². The molecule has 1 N–H and O–H groups in total. The van der Waals surface area contributed by atoms with Crippen molar-refractivity contribution in [3.05, 3.63) is 29.6 Å². The van der Waals surface area contributed by atoms with Gasteiger partial charge in [0.1, 0.15) is 5.82 Å². The number of hydrogen-bond donors (Lipinski definition) is 1. The van der Waals surface area contributed by atoms with Crippen LogP contribution in [-0.2, 0) is 15.0 Å². The molecule has 16 heavy (non-hydrogen) atoms. The molecule has 86 valence electrons. The Hall–Kier alpha value is -1.67. The predicted molar refractivity (Wildman–Crippen MR) is 52.1 cm³/mol. The summed E-state index contributed by atoms with van der Waals surface area (Å²) in [7, 11) is -3.03. The van der Waals surface area contributed by atoms with Crippen LogP contribution < -0.4 is 4.72 Å². The highest BCUT2D eigenvalue weighted by Gasteiger charge is 2.36. The number of rotatable bonds is 1. The van der Waals surface area contributed by atoms with Gasteiger partial charge in [-0.05, 0) is 18.2 Å². The van der Waals surface area contributed by atoms with Gasteiger partial charge in [0, 0.05) is 0 Å². The third kappa shape index (κ3) is 1.51. The fourth-order valence-electron chi connectivity index (χ4n) is 1.35. The SMILES string of the molecule is CON1C(=O)c2cc(F)ccc2NS1(=O)=O. The van der Waals surface area contributed by atoms with Crippen molar-refractivity contribution in [2.75, 3.05) is 11.8 Å². The number of nitrogens with zero attached hydrogens (tertiary/aromatic N) is 1. The fourth-order valence-corrected chi connectivity index (χ4v) is 2.40. The minimum Gasteiger partial charge on any atom is -0.265 e. The molecule has 0 aromatic heterocycles. The summed E-state index contributed by atoms with van der Waals surface area (Å²) in [6.45, 7) is 0. The van der Waals surface area contributed by atoms with Crippen molar-refractivity contribution in [2.24, 2.45) is 0 Å². The van der Waals surface area contributed by atoms with Gasteiger partial charge >= 0.3 is 10.2 Å². The first-order valence-corrected chi connectivity index (χ1v) is 5.61. The van der Waals surface area contributed by atoms with Crippen LogP contribution in [-0.4, -0.2) is 25.9 Å². The standard InChI is InChI=1S/C8H7FN2O4S/c1-15-11-8(12)6-4-5(9)2-3-7(6)10-16(11,13)14/h2-4,10H,1H3. The second kappa shape index (κ2) is 3.42. The molecule has 0 unspecified atom stereocenters. The number of carbonyl (C=O) groups is 1. The summed E-state index contributed by atoms with van der Waals surface area (Å²) in [5, 5.41) is 0. The van der Waals surface area contributed by atoms with Gasteiger partial charge < -0.3 is 0 Å². The molecule has 0 radical (unpaired) electrons. The number of hydroxylamine groups is 1. The smallest absolute Gasteiger partial charge is 0.265 e. The summed E-state index contributed by atoms with van der Waals surface area (Å²) < 4.78 is 38.0. The first kappa shape index (κ1) is 10.8. The van der Waals surface area contributed by atoms with E-state index in [4.69, 9.17) is 0 Å². The molecule has 8 heteroatoms. The van der Waals surface area contributed by atoms with Crippen molar-refractivity contribution < 1.29 is 22.4 Å². The molecule has 2 rings (SSSR count). The molecule has 0 saturated carbocycles. The van der Waals surface area contributed by atoms with E-state index in [1.807, 2.05) is 0 Å². The third-order valence-electron chi connectivity index (χ3n) is 2.00. The van der Waals surface area contributed by atoms with Gasteiger partial charge in [-0.15, -0.1) is 0 Å². The van der Waals surface area contributed by atoms with Crippen molar-refractivity contribution in [2.45, 2.75) is 0 Å². The van der Waals surface area contributed by atoms with Gasteiger partial charge in [0.25, 0.3) is 5.91 Å². The van der Waals surface area contributed by atoms with E-state index >= 15 is 0 Å². The number of fused-ring (bicyclic) bond motifs is 1. The Morgan fingerprint density at radius 3 is 2.75 bits per heavy atom. The van der Waals surface area contributed by atoms with E-state index in [0.717, 1.165) is 19.2 Å².